The first-order valence-electron chi connectivity index (χ1n) is 9.55. The molecule has 0 unspecified atom stereocenters. The van der Waals surface area contributed by atoms with Crippen molar-refractivity contribution in [1.82, 2.24) is 14.9 Å². The second-order valence-corrected chi connectivity index (χ2v) is 6.73. The van der Waals surface area contributed by atoms with Gasteiger partial charge in [0.25, 0.3) is 0 Å². The molecule has 0 saturated carbocycles. The highest BCUT2D eigenvalue weighted by Gasteiger charge is 2.42. The van der Waals surface area contributed by atoms with Crippen molar-refractivity contribution in [2.45, 2.75) is 13.1 Å². The van der Waals surface area contributed by atoms with E-state index in [1.165, 1.54) is 37.3 Å². The third-order valence-electron chi connectivity index (χ3n) is 4.64. The molecule has 2 heterocycles. The van der Waals surface area contributed by atoms with Crippen LogP contribution in [0, 0.1) is 11.6 Å². The van der Waals surface area contributed by atoms with E-state index < -0.39 is 46.4 Å². The zero-order valence-corrected chi connectivity index (χ0v) is 16.9. The third kappa shape index (κ3) is 4.09. The van der Waals surface area contributed by atoms with Crippen LogP contribution in [0.5, 0.6) is 0 Å². The molecule has 4 aromatic rings. The van der Waals surface area contributed by atoms with E-state index in [2.05, 4.69) is 10.3 Å². The number of ether oxygens (including phenoxy) is 1. The Bertz CT molecular complexity index is 1330. The molecule has 0 atom stereocenters. The molecule has 0 spiro atoms. The van der Waals surface area contributed by atoms with Gasteiger partial charge in [-0.2, -0.15) is 18.3 Å². The molecular weight excluding hydrogens is 449 g/mol. The largest absolute Gasteiger partial charge is 0.462 e. The number of carbonyl (C=O) groups is 1. The van der Waals surface area contributed by atoms with Crippen molar-refractivity contribution in [2.24, 2.45) is 0 Å². The van der Waals surface area contributed by atoms with E-state index in [4.69, 9.17) is 9.26 Å². The summed E-state index contributed by atoms with van der Waals surface area (Å²) in [5, 5.41) is 7.40. The molecule has 0 amide bonds. The van der Waals surface area contributed by atoms with Crippen molar-refractivity contribution in [3.05, 3.63) is 77.6 Å². The third-order valence-corrected chi connectivity index (χ3v) is 4.64. The van der Waals surface area contributed by atoms with Crippen LogP contribution in [0.1, 0.15) is 23.0 Å². The Labute approximate surface area is 183 Å². The van der Waals surface area contributed by atoms with Gasteiger partial charge >= 0.3 is 12.1 Å². The van der Waals surface area contributed by atoms with E-state index in [1.807, 2.05) is 0 Å². The van der Waals surface area contributed by atoms with Crippen LogP contribution in [0.15, 0.2) is 59.3 Å². The van der Waals surface area contributed by atoms with Crippen molar-refractivity contribution in [3.8, 4) is 28.3 Å². The van der Waals surface area contributed by atoms with Gasteiger partial charge in [0.2, 0.25) is 0 Å². The second kappa shape index (κ2) is 8.49. The second-order valence-electron chi connectivity index (χ2n) is 6.73. The first-order chi connectivity index (χ1) is 15.7. The van der Waals surface area contributed by atoms with Crippen molar-refractivity contribution in [1.29, 1.82) is 0 Å². The molecule has 170 valence electrons. The van der Waals surface area contributed by atoms with Gasteiger partial charge in [-0.05, 0) is 37.3 Å². The minimum absolute atomic E-state index is 0.102. The van der Waals surface area contributed by atoms with Gasteiger partial charge < -0.3 is 9.26 Å². The van der Waals surface area contributed by atoms with Gasteiger partial charge in [-0.25, -0.2) is 18.3 Å². The fourth-order valence-electron chi connectivity index (χ4n) is 3.29. The molecule has 0 N–H and O–H groups in total. The number of nitrogens with zero attached hydrogens (tertiary/aromatic N) is 3. The summed E-state index contributed by atoms with van der Waals surface area (Å²) in [4.78, 5) is 12.7. The van der Waals surface area contributed by atoms with E-state index in [0.29, 0.717) is 4.68 Å². The predicted molar refractivity (Wildman–Crippen MR) is 105 cm³/mol. The van der Waals surface area contributed by atoms with Gasteiger partial charge in [0.15, 0.2) is 11.5 Å². The minimum atomic E-state index is -4.99. The van der Waals surface area contributed by atoms with Crippen molar-refractivity contribution in [2.75, 3.05) is 6.61 Å². The standard InChI is InChI=1S/C22H14F5N3O3/c1-2-32-21(31)17-18(14-8-3-4-9-16(14)24)29-33-19(17)15-11-28-30(20(15)22(25,26)27)13-7-5-6-12(23)10-13/h3-11H,2H2,1H3. The Hall–Kier alpha value is -4.02. The number of halogens is 5. The van der Waals surface area contributed by atoms with Crippen molar-refractivity contribution < 1.29 is 36.0 Å². The smallest absolute Gasteiger partial charge is 0.434 e. The van der Waals surface area contributed by atoms with Gasteiger partial charge in [-0.1, -0.05) is 23.4 Å². The summed E-state index contributed by atoms with van der Waals surface area (Å²) in [6.07, 6.45) is -4.18. The Morgan fingerprint density at radius 3 is 2.52 bits per heavy atom. The van der Waals surface area contributed by atoms with E-state index in [-0.39, 0.29) is 23.6 Å². The molecule has 2 aromatic heterocycles. The number of rotatable bonds is 5. The Morgan fingerprint density at radius 1 is 1.09 bits per heavy atom. The maximum atomic E-state index is 14.4. The average Bonchev–Trinajstić information content (AvgIpc) is 3.38. The normalized spacial score (nSPS) is 11.6. The number of aromatic nitrogens is 3. The first-order valence-corrected chi connectivity index (χ1v) is 9.55. The first kappa shape index (κ1) is 22.2. The highest BCUT2D eigenvalue weighted by molar-refractivity contribution is 6.02. The molecule has 0 aliphatic heterocycles. The Kier molecular flexibility index (Phi) is 5.71. The van der Waals surface area contributed by atoms with Gasteiger partial charge in [0, 0.05) is 5.56 Å². The lowest BCUT2D eigenvalue weighted by molar-refractivity contribution is -0.142. The molecule has 0 saturated heterocycles. The number of alkyl halides is 3. The number of carbonyl (C=O) groups excluding carboxylic acids is 1. The van der Waals surface area contributed by atoms with Crippen LogP contribution >= 0.6 is 0 Å². The van der Waals surface area contributed by atoms with Crippen LogP contribution in [0.2, 0.25) is 0 Å². The SMILES string of the molecule is CCOC(=O)c1c(-c2ccccc2F)noc1-c1cnn(-c2cccc(F)c2)c1C(F)(F)F. The van der Waals surface area contributed by atoms with E-state index in [9.17, 15) is 26.7 Å². The number of esters is 1. The van der Waals surface area contributed by atoms with Crippen LogP contribution in [0.4, 0.5) is 22.0 Å². The van der Waals surface area contributed by atoms with Gasteiger partial charge in [0.05, 0.1) is 24.1 Å². The zero-order valence-electron chi connectivity index (χ0n) is 16.9. The minimum Gasteiger partial charge on any atom is -0.462 e. The number of hydrogen-bond donors (Lipinski definition) is 0. The lowest BCUT2D eigenvalue weighted by Gasteiger charge is -2.12. The molecule has 0 fully saturated rings. The van der Waals surface area contributed by atoms with E-state index in [1.54, 1.807) is 0 Å². The molecule has 33 heavy (non-hydrogen) atoms. The van der Waals surface area contributed by atoms with Crippen molar-refractivity contribution >= 4 is 5.97 Å². The summed E-state index contributed by atoms with van der Waals surface area (Å²) in [6.45, 7) is 1.39. The highest BCUT2D eigenvalue weighted by atomic mass is 19.4. The van der Waals surface area contributed by atoms with E-state index in [0.717, 1.165) is 24.4 Å². The fraction of sp³-hybridized carbons (Fsp3) is 0.136. The summed E-state index contributed by atoms with van der Waals surface area (Å²) in [6, 6.07) is 9.63. The molecule has 0 radical (unpaired) electrons. The Morgan fingerprint density at radius 2 is 1.85 bits per heavy atom. The van der Waals surface area contributed by atoms with Crippen molar-refractivity contribution in [3.63, 3.8) is 0 Å². The maximum absolute atomic E-state index is 14.4. The van der Waals surface area contributed by atoms with Crippen LogP contribution in [-0.2, 0) is 10.9 Å². The molecule has 4 rings (SSSR count). The van der Waals surface area contributed by atoms with Crippen LogP contribution in [0.3, 0.4) is 0 Å². The van der Waals surface area contributed by atoms with Gasteiger partial charge in [0.1, 0.15) is 22.9 Å². The number of benzene rings is 2. The highest BCUT2D eigenvalue weighted by Crippen LogP contribution is 2.42. The molecule has 6 nitrogen and oxygen atoms in total. The summed E-state index contributed by atoms with van der Waals surface area (Å²) in [5.74, 6) is -3.21. The fourth-order valence-corrected chi connectivity index (χ4v) is 3.29. The Balaban J connectivity index is 1.98. The predicted octanol–water partition coefficient (Wildman–Crippen LogP) is 5.67. The van der Waals surface area contributed by atoms with Crippen LogP contribution in [0.25, 0.3) is 28.3 Å². The summed E-state index contributed by atoms with van der Waals surface area (Å²) >= 11 is 0. The van der Waals surface area contributed by atoms with Gasteiger partial charge in [-0.15, -0.1) is 0 Å². The molecule has 0 bridgehead atoms. The molecule has 0 aliphatic rings. The average molecular weight is 463 g/mol. The lowest BCUT2D eigenvalue weighted by atomic mass is 10.0. The molecule has 11 heteroatoms. The molecule has 0 aliphatic carbocycles. The van der Waals surface area contributed by atoms with E-state index >= 15 is 0 Å². The topological polar surface area (TPSA) is 70.2 Å². The summed E-state index contributed by atoms with van der Waals surface area (Å²) in [5.41, 5.74) is -3.18. The van der Waals surface area contributed by atoms with Crippen LogP contribution < -0.4 is 0 Å². The van der Waals surface area contributed by atoms with Gasteiger partial charge in [-0.3, -0.25) is 0 Å². The lowest BCUT2D eigenvalue weighted by Crippen LogP contribution is -2.15. The van der Waals surface area contributed by atoms with Crippen LogP contribution in [-0.4, -0.2) is 27.5 Å². The zero-order chi connectivity index (χ0) is 23.8. The summed E-state index contributed by atoms with van der Waals surface area (Å²) < 4.78 is 80.9. The maximum Gasteiger partial charge on any atom is 0.434 e. The summed E-state index contributed by atoms with van der Waals surface area (Å²) in [7, 11) is 0. The quantitative estimate of drug-likeness (QED) is 0.282. The molecule has 2 aromatic carbocycles. The molecular formula is C22H14F5N3O3. The number of hydrogen-bond acceptors (Lipinski definition) is 5. The monoisotopic (exact) mass is 463 g/mol.